The standard InChI is InChI=1S/C24H15Cl3F3N7O2/c1-39-15-4-2-3-12(7-15)17-9-18(24(28,29)30)37-21(32-17)19(27)20(34-37)22(38)33-23-31-11-36(35-23)10-13-5-6-14(25)8-16(13)26/h2-9,11H,10H2,1H3,(H,33,35,38). The fourth-order valence-electron chi connectivity index (χ4n) is 3.68. The van der Waals surface area contributed by atoms with Crippen LogP contribution in [0.25, 0.3) is 16.9 Å². The molecule has 5 aromatic rings. The van der Waals surface area contributed by atoms with Crippen LogP contribution < -0.4 is 10.1 Å². The van der Waals surface area contributed by atoms with Crippen LogP contribution in [0.3, 0.4) is 0 Å². The van der Waals surface area contributed by atoms with Gasteiger partial charge in [-0.3, -0.25) is 10.1 Å². The number of ether oxygens (including phenoxy) is 1. The summed E-state index contributed by atoms with van der Waals surface area (Å²) in [6.07, 6.45) is -3.49. The van der Waals surface area contributed by atoms with Crippen molar-refractivity contribution in [2.24, 2.45) is 0 Å². The van der Waals surface area contributed by atoms with Crippen molar-refractivity contribution in [3.05, 3.63) is 86.9 Å². The van der Waals surface area contributed by atoms with Gasteiger partial charge in [0.05, 0.1) is 19.3 Å². The summed E-state index contributed by atoms with van der Waals surface area (Å²) in [4.78, 5) is 21.2. The maximum atomic E-state index is 14.0. The van der Waals surface area contributed by atoms with Crippen LogP contribution in [0.4, 0.5) is 19.1 Å². The molecule has 5 rings (SSSR count). The molecule has 1 amide bonds. The molecule has 3 aromatic heterocycles. The van der Waals surface area contributed by atoms with E-state index in [0.29, 0.717) is 31.4 Å². The Morgan fingerprint density at radius 2 is 1.87 bits per heavy atom. The maximum Gasteiger partial charge on any atom is 0.433 e. The number of nitrogens with one attached hydrogen (secondary N) is 1. The van der Waals surface area contributed by atoms with Gasteiger partial charge in [-0.1, -0.05) is 53.0 Å². The Morgan fingerprint density at radius 1 is 1.08 bits per heavy atom. The van der Waals surface area contributed by atoms with E-state index < -0.39 is 23.5 Å². The highest BCUT2D eigenvalue weighted by Gasteiger charge is 2.37. The third-order valence-electron chi connectivity index (χ3n) is 5.51. The lowest BCUT2D eigenvalue weighted by Crippen LogP contribution is -2.16. The fraction of sp³-hybridized carbons (Fsp3) is 0.125. The largest absolute Gasteiger partial charge is 0.497 e. The molecule has 0 aliphatic carbocycles. The number of carbonyl (C=O) groups is 1. The van der Waals surface area contributed by atoms with Gasteiger partial charge in [0.1, 0.15) is 17.1 Å². The quantitative estimate of drug-likeness (QED) is 0.248. The van der Waals surface area contributed by atoms with Crippen LogP contribution in [0.2, 0.25) is 15.1 Å². The minimum Gasteiger partial charge on any atom is -0.497 e. The van der Waals surface area contributed by atoms with Crippen molar-refractivity contribution in [1.82, 2.24) is 29.4 Å². The average Bonchev–Trinajstić information content (AvgIpc) is 3.48. The zero-order valence-corrected chi connectivity index (χ0v) is 21.9. The normalized spacial score (nSPS) is 11.7. The minimum atomic E-state index is -4.83. The van der Waals surface area contributed by atoms with E-state index in [1.807, 2.05) is 0 Å². The van der Waals surface area contributed by atoms with Gasteiger partial charge in [-0.2, -0.15) is 18.3 Å². The summed E-state index contributed by atoms with van der Waals surface area (Å²) in [5.41, 5.74) is -1.01. The Morgan fingerprint density at radius 3 is 2.59 bits per heavy atom. The smallest absolute Gasteiger partial charge is 0.433 e. The first-order chi connectivity index (χ1) is 18.5. The van der Waals surface area contributed by atoms with Gasteiger partial charge in [0.2, 0.25) is 5.95 Å². The molecule has 2 aromatic carbocycles. The van der Waals surface area contributed by atoms with Crippen LogP contribution in [0.1, 0.15) is 21.7 Å². The van der Waals surface area contributed by atoms with E-state index in [2.05, 4.69) is 25.5 Å². The summed E-state index contributed by atoms with van der Waals surface area (Å²) in [5, 5.41) is 10.8. The van der Waals surface area contributed by atoms with Crippen LogP contribution in [-0.4, -0.2) is 42.4 Å². The Bertz CT molecular complexity index is 1720. The van der Waals surface area contributed by atoms with Gasteiger partial charge in [0.25, 0.3) is 5.91 Å². The molecule has 0 atom stereocenters. The Balaban J connectivity index is 1.47. The van der Waals surface area contributed by atoms with E-state index >= 15 is 0 Å². The second kappa shape index (κ2) is 10.4. The van der Waals surface area contributed by atoms with Gasteiger partial charge in [-0.25, -0.2) is 19.2 Å². The van der Waals surface area contributed by atoms with Gasteiger partial charge in [0.15, 0.2) is 17.0 Å². The lowest BCUT2D eigenvalue weighted by atomic mass is 10.1. The molecule has 0 aliphatic rings. The van der Waals surface area contributed by atoms with E-state index in [4.69, 9.17) is 39.5 Å². The number of aromatic nitrogens is 6. The molecule has 3 heterocycles. The number of rotatable bonds is 6. The zero-order chi connectivity index (χ0) is 27.9. The summed E-state index contributed by atoms with van der Waals surface area (Å²) in [6, 6.07) is 12.1. The van der Waals surface area contributed by atoms with Crippen molar-refractivity contribution >= 4 is 52.3 Å². The number of methoxy groups -OCH3 is 1. The molecule has 200 valence electrons. The second-order valence-corrected chi connectivity index (χ2v) is 9.33. The molecule has 0 saturated carbocycles. The third-order valence-corrected chi connectivity index (χ3v) is 6.45. The van der Waals surface area contributed by atoms with Crippen molar-refractivity contribution in [3.63, 3.8) is 0 Å². The first-order valence-corrected chi connectivity index (χ1v) is 12.1. The molecule has 0 saturated heterocycles. The van der Waals surface area contributed by atoms with Crippen molar-refractivity contribution in [2.45, 2.75) is 12.7 Å². The highest BCUT2D eigenvalue weighted by Crippen LogP contribution is 2.35. The van der Waals surface area contributed by atoms with Gasteiger partial charge in [-0.05, 0) is 35.9 Å². The molecule has 0 bridgehead atoms. The van der Waals surface area contributed by atoms with Crippen LogP contribution in [0.15, 0.2) is 54.9 Å². The monoisotopic (exact) mass is 595 g/mol. The predicted molar refractivity (Wildman–Crippen MR) is 139 cm³/mol. The fourth-order valence-corrected chi connectivity index (χ4v) is 4.40. The molecule has 0 spiro atoms. The van der Waals surface area contributed by atoms with E-state index in [1.165, 1.54) is 24.2 Å². The first kappa shape index (κ1) is 26.7. The van der Waals surface area contributed by atoms with Crippen molar-refractivity contribution in [3.8, 4) is 17.0 Å². The lowest BCUT2D eigenvalue weighted by molar-refractivity contribution is -0.142. The molecule has 9 nitrogen and oxygen atoms in total. The van der Waals surface area contributed by atoms with Crippen molar-refractivity contribution in [2.75, 3.05) is 12.4 Å². The number of hydrogen-bond acceptors (Lipinski definition) is 6. The Hall–Kier alpha value is -3.87. The van der Waals surface area contributed by atoms with Gasteiger partial charge in [0, 0.05) is 15.6 Å². The van der Waals surface area contributed by atoms with Gasteiger partial charge in [-0.15, -0.1) is 5.10 Å². The summed E-state index contributed by atoms with van der Waals surface area (Å²) < 4.78 is 49.0. The number of benzene rings is 2. The number of halogens is 6. The number of fused-ring (bicyclic) bond motifs is 1. The Labute approximate surface area is 233 Å². The Kier molecular flexibility index (Phi) is 7.10. The summed E-state index contributed by atoms with van der Waals surface area (Å²) in [6.45, 7) is 0.222. The number of anilines is 1. The number of hydrogen-bond donors (Lipinski definition) is 1. The van der Waals surface area contributed by atoms with E-state index in [0.717, 1.165) is 6.07 Å². The third kappa shape index (κ3) is 5.49. The molecule has 0 unspecified atom stereocenters. The van der Waals surface area contributed by atoms with E-state index in [9.17, 15) is 18.0 Å². The van der Waals surface area contributed by atoms with Crippen molar-refractivity contribution < 1.29 is 22.7 Å². The van der Waals surface area contributed by atoms with E-state index in [1.54, 1.807) is 36.4 Å². The highest BCUT2D eigenvalue weighted by atomic mass is 35.5. The molecule has 0 fully saturated rings. The summed E-state index contributed by atoms with van der Waals surface area (Å²) in [7, 11) is 1.43. The predicted octanol–water partition coefficient (Wildman–Crippen LogP) is 6.28. The number of amides is 1. The highest BCUT2D eigenvalue weighted by molar-refractivity contribution is 6.37. The average molecular weight is 597 g/mol. The molecule has 0 aliphatic heterocycles. The number of carbonyl (C=O) groups excluding carboxylic acids is 1. The molecule has 15 heteroatoms. The lowest BCUT2D eigenvalue weighted by Gasteiger charge is -2.11. The van der Waals surface area contributed by atoms with Crippen LogP contribution >= 0.6 is 34.8 Å². The van der Waals surface area contributed by atoms with Crippen LogP contribution in [0.5, 0.6) is 5.75 Å². The zero-order valence-electron chi connectivity index (χ0n) is 19.7. The molecular formula is C24H15Cl3F3N7O2. The first-order valence-electron chi connectivity index (χ1n) is 11.0. The van der Waals surface area contributed by atoms with Crippen molar-refractivity contribution in [1.29, 1.82) is 0 Å². The minimum absolute atomic E-state index is 0.0382. The van der Waals surface area contributed by atoms with Gasteiger partial charge < -0.3 is 4.74 Å². The molecule has 39 heavy (non-hydrogen) atoms. The number of alkyl halides is 3. The summed E-state index contributed by atoms with van der Waals surface area (Å²) in [5.74, 6) is -0.629. The topological polar surface area (TPSA) is 99.2 Å². The SMILES string of the molecule is COc1cccc(-c2cc(C(F)(F)F)n3nc(C(=O)Nc4ncn(Cc5ccc(Cl)cc5Cl)n4)c(Cl)c3n2)c1. The van der Waals surface area contributed by atoms with Crippen LogP contribution in [-0.2, 0) is 12.7 Å². The maximum absolute atomic E-state index is 14.0. The summed E-state index contributed by atoms with van der Waals surface area (Å²) >= 11 is 18.4. The van der Waals surface area contributed by atoms with Gasteiger partial charge >= 0.3 is 6.18 Å². The van der Waals surface area contributed by atoms with Crippen LogP contribution in [0, 0.1) is 0 Å². The molecule has 1 N–H and O–H groups in total. The second-order valence-electron chi connectivity index (χ2n) is 8.11. The molecule has 0 radical (unpaired) electrons. The number of nitrogens with zero attached hydrogens (tertiary/aromatic N) is 6. The molecular weight excluding hydrogens is 582 g/mol. The van der Waals surface area contributed by atoms with E-state index in [-0.39, 0.29) is 28.9 Å².